The smallest absolute Gasteiger partial charge is 0.229 e. The van der Waals surface area contributed by atoms with E-state index in [9.17, 15) is 14.4 Å². The van der Waals surface area contributed by atoms with Crippen molar-refractivity contribution >= 4 is 17.3 Å². The first kappa shape index (κ1) is 15.9. The molecule has 27 heavy (non-hydrogen) atoms. The second-order valence-electron chi connectivity index (χ2n) is 6.85. The Morgan fingerprint density at radius 2 is 1.59 bits per heavy atom. The Labute approximate surface area is 155 Å². The highest BCUT2D eigenvalue weighted by molar-refractivity contribution is 6.27. The van der Waals surface area contributed by atoms with Gasteiger partial charge in [-0.3, -0.25) is 19.4 Å². The molecule has 0 radical (unpaired) electrons. The van der Waals surface area contributed by atoms with Crippen LogP contribution in [-0.4, -0.2) is 22.3 Å². The third-order valence-electron chi connectivity index (χ3n) is 5.31. The largest absolute Gasteiger partial charge is 0.457 e. The Balaban J connectivity index is 1.77. The predicted molar refractivity (Wildman–Crippen MR) is 96.1 cm³/mol. The Bertz CT molecular complexity index is 1080. The van der Waals surface area contributed by atoms with Crippen molar-refractivity contribution in [1.29, 1.82) is 0 Å². The number of benzene rings is 1. The van der Waals surface area contributed by atoms with Crippen molar-refractivity contribution in [2.24, 2.45) is 0 Å². The zero-order chi connectivity index (χ0) is 18.5. The quantitative estimate of drug-likeness (QED) is 0.780. The summed E-state index contributed by atoms with van der Waals surface area (Å²) in [5, 5.41) is 0. The van der Waals surface area contributed by atoms with Gasteiger partial charge in [-0.05, 0) is 18.6 Å². The van der Waals surface area contributed by atoms with E-state index in [-0.39, 0.29) is 28.7 Å². The maximum atomic E-state index is 13.3. The molecule has 0 saturated heterocycles. The highest BCUT2D eigenvalue weighted by Gasteiger charge is 2.46. The van der Waals surface area contributed by atoms with Gasteiger partial charge < -0.3 is 4.74 Å². The van der Waals surface area contributed by atoms with Gasteiger partial charge in [-0.2, -0.15) is 0 Å². The van der Waals surface area contributed by atoms with Crippen LogP contribution in [0.1, 0.15) is 51.6 Å². The fourth-order valence-electron chi connectivity index (χ4n) is 4.11. The lowest BCUT2D eigenvalue weighted by atomic mass is 9.73. The minimum atomic E-state index is -0.664. The predicted octanol–water partition coefficient (Wildman–Crippen LogP) is 3.54. The Morgan fingerprint density at radius 3 is 2.33 bits per heavy atom. The van der Waals surface area contributed by atoms with Gasteiger partial charge in [0.25, 0.3) is 0 Å². The van der Waals surface area contributed by atoms with Gasteiger partial charge in [0.1, 0.15) is 5.76 Å². The SMILES string of the molecule is O=C1CCCC2=C1C(c1ccccn1)C1=C(O2)C(=O)c2ccccc2C1=O. The number of carbonyl (C=O) groups excluding carboxylic acids is 3. The van der Waals surface area contributed by atoms with Crippen molar-refractivity contribution in [3.05, 3.63) is 88.1 Å². The first-order valence-corrected chi connectivity index (χ1v) is 8.94. The summed E-state index contributed by atoms with van der Waals surface area (Å²) < 4.78 is 5.90. The summed E-state index contributed by atoms with van der Waals surface area (Å²) in [5.41, 5.74) is 1.97. The molecule has 2 heterocycles. The summed E-state index contributed by atoms with van der Waals surface area (Å²) in [6.07, 6.45) is 3.28. The molecule has 0 saturated carbocycles. The van der Waals surface area contributed by atoms with Crippen LogP contribution in [0.5, 0.6) is 0 Å². The maximum absolute atomic E-state index is 13.3. The fraction of sp³-hybridized carbons (Fsp3) is 0.182. The number of hydrogen-bond acceptors (Lipinski definition) is 5. The molecule has 2 aliphatic carbocycles. The van der Waals surface area contributed by atoms with Gasteiger partial charge in [0, 0.05) is 35.7 Å². The summed E-state index contributed by atoms with van der Waals surface area (Å²) in [7, 11) is 0. The van der Waals surface area contributed by atoms with E-state index < -0.39 is 5.92 Å². The zero-order valence-electron chi connectivity index (χ0n) is 14.4. The standard InChI is InChI=1S/C22H15NO4/c24-15-9-5-10-16-18(15)17(14-8-3-4-11-23-14)19-20(25)12-6-1-2-7-13(12)21(26)22(19)27-16/h1-4,6-8,11,17H,5,9-10H2. The molecular formula is C22H15NO4. The first-order chi connectivity index (χ1) is 13.2. The third-order valence-corrected chi connectivity index (χ3v) is 5.31. The maximum Gasteiger partial charge on any atom is 0.229 e. The number of aromatic nitrogens is 1. The lowest BCUT2D eigenvalue weighted by molar-refractivity contribution is -0.116. The molecule has 132 valence electrons. The van der Waals surface area contributed by atoms with Gasteiger partial charge in [0.2, 0.25) is 5.78 Å². The number of rotatable bonds is 1. The number of allylic oxidation sites excluding steroid dienone is 4. The monoisotopic (exact) mass is 357 g/mol. The van der Waals surface area contributed by atoms with E-state index in [0.717, 1.165) is 0 Å². The van der Waals surface area contributed by atoms with E-state index in [0.29, 0.717) is 47.4 Å². The fourth-order valence-corrected chi connectivity index (χ4v) is 4.11. The number of carbonyl (C=O) groups is 3. The van der Waals surface area contributed by atoms with E-state index in [2.05, 4.69) is 4.98 Å². The van der Waals surface area contributed by atoms with Crippen LogP contribution in [0.15, 0.2) is 71.3 Å². The van der Waals surface area contributed by atoms with E-state index >= 15 is 0 Å². The average molecular weight is 357 g/mol. The Hall–Kier alpha value is -3.34. The van der Waals surface area contributed by atoms with Crippen molar-refractivity contribution in [3.63, 3.8) is 0 Å². The highest BCUT2D eigenvalue weighted by Crippen LogP contribution is 2.47. The number of ketones is 3. The van der Waals surface area contributed by atoms with Crippen molar-refractivity contribution < 1.29 is 19.1 Å². The number of pyridine rings is 1. The van der Waals surface area contributed by atoms with E-state index in [4.69, 9.17) is 4.74 Å². The van der Waals surface area contributed by atoms with Gasteiger partial charge in [0.15, 0.2) is 17.3 Å². The molecule has 1 aromatic carbocycles. The summed E-state index contributed by atoms with van der Waals surface area (Å²) in [5.74, 6) is -0.754. The normalized spacial score (nSPS) is 21.5. The highest BCUT2D eigenvalue weighted by atomic mass is 16.5. The van der Waals surface area contributed by atoms with Crippen LogP contribution >= 0.6 is 0 Å². The van der Waals surface area contributed by atoms with Crippen LogP contribution in [-0.2, 0) is 9.53 Å². The molecule has 5 nitrogen and oxygen atoms in total. The number of nitrogens with zero attached hydrogens (tertiary/aromatic N) is 1. The van der Waals surface area contributed by atoms with Crippen molar-refractivity contribution in [1.82, 2.24) is 4.98 Å². The van der Waals surface area contributed by atoms with Gasteiger partial charge in [-0.1, -0.05) is 30.3 Å². The van der Waals surface area contributed by atoms with Crippen molar-refractivity contribution in [2.75, 3.05) is 0 Å². The number of hydrogen-bond donors (Lipinski definition) is 0. The topological polar surface area (TPSA) is 73.3 Å². The molecule has 5 rings (SSSR count). The molecule has 0 N–H and O–H groups in total. The van der Waals surface area contributed by atoms with Gasteiger partial charge in [-0.15, -0.1) is 0 Å². The van der Waals surface area contributed by atoms with E-state index in [1.54, 1.807) is 42.6 Å². The molecule has 0 bridgehead atoms. The van der Waals surface area contributed by atoms with Gasteiger partial charge in [0.05, 0.1) is 17.2 Å². The molecule has 3 aliphatic rings. The summed E-state index contributed by atoms with van der Waals surface area (Å²) in [6, 6.07) is 12.1. The van der Waals surface area contributed by atoms with Crippen LogP contribution in [0, 0.1) is 0 Å². The van der Waals surface area contributed by atoms with Gasteiger partial charge >= 0.3 is 0 Å². The number of ether oxygens (including phenoxy) is 1. The molecule has 0 spiro atoms. The molecule has 1 atom stereocenters. The van der Waals surface area contributed by atoms with Crippen LogP contribution in [0.2, 0.25) is 0 Å². The van der Waals surface area contributed by atoms with Crippen LogP contribution < -0.4 is 0 Å². The summed E-state index contributed by atoms with van der Waals surface area (Å²) in [4.78, 5) is 43.5. The minimum absolute atomic E-state index is 0.0439. The molecular weight excluding hydrogens is 342 g/mol. The number of fused-ring (bicyclic) bond motifs is 1. The molecule has 0 amide bonds. The Morgan fingerprint density at radius 1 is 0.852 bits per heavy atom. The first-order valence-electron chi connectivity index (χ1n) is 8.94. The zero-order valence-corrected chi connectivity index (χ0v) is 14.4. The van der Waals surface area contributed by atoms with Crippen molar-refractivity contribution in [2.45, 2.75) is 25.2 Å². The summed E-state index contributed by atoms with van der Waals surface area (Å²) in [6.45, 7) is 0. The molecule has 1 unspecified atom stereocenters. The van der Waals surface area contributed by atoms with E-state index in [1.165, 1.54) is 0 Å². The third kappa shape index (κ3) is 2.24. The van der Waals surface area contributed by atoms with Gasteiger partial charge in [-0.25, -0.2) is 0 Å². The number of Topliss-reactive ketones (excluding diaryl/α,β-unsaturated/α-hetero) is 3. The molecule has 2 aromatic rings. The second-order valence-corrected chi connectivity index (χ2v) is 6.85. The second kappa shape index (κ2) is 5.84. The molecule has 1 aliphatic heterocycles. The van der Waals surface area contributed by atoms with Crippen molar-refractivity contribution in [3.8, 4) is 0 Å². The van der Waals surface area contributed by atoms with Crippen LogP contribution in [0.3, 0.4) is 0 Å². The van der Waals surface area contributed by atoms with Crippen LogP contribution in [0.25, 0.3) is 0 Å². The summed E-state index contributed by atoms with van der Waals surface area (Å²) >= 11 is 0. The molecule has 1 aromatic heterocycles. The molecule has 0 fully saturated rings. The Kier molecular flexibility index (Phi) is 3.44. The molecule has 5 heteroatoms. The minimum Gasteiger partial charge on any atom is -0.457 e. The average Bonchev–Trinajstić information content (AvgIpc) is 2.71. The lowest BCUT2D eigenvalue weighted by Crippen LogP contribution is -2.34. The van der Waals surface area contributed by atoms with Crippen LogP contribution in [0.4, 0.5) is 0 Å². The van der Waals surface area contributed by atoms with E-state index in [1.807, 2.05) is 6.07 Å². The lowest BCUT2D eigenvalue weighted by Gasteiger charge is -2.35.